The topological polar surface area (TPSA) is 29.9 Å². The first-order valence-electron chi connectivity index (χ1n) is 6.29. The van der Waals surface area contributed by atoms with Crippen LogP contribution in [0.5, 0.6) is 0 Å². The summed E-state index contributed by atoms with van der Waals surface area (Å²) in [5.74, 6) is 0. The second-order valence-electron chi connectivity index (χ2n) is 4.69. The molecule has 0 amide bonds. The van der Waals surface area contributed by atoms with Gasteiger partial charge < -0.3 is 9.88 Å². The molecule has 0 saturated heterocycles. The van der Waals surface area contributed by atoms with E-state index in [2.05, 4.69) is 39.1 Å². The monoisotopic (exact) mass is 259 g/mol. The van der Waals surface area contributed by atoms with Crippen LogP contribution in [-0.2, 0) is 13.6 Å². The largest absolute Gasteiger partial charge is 0.329 e. The Balaban J connectivity index is 1.75. The molecular weight excluding hydrogens is 242 g/mol. The lowest BCUT2D eigenvalue weighted by atomic mass is 10.2. The Morgan fingerprint density at radius 1 is 1.39 bits per heavy atom. The van der Waals surface area contributed by atoms with Gasteiger partial charge in [-0.15, -0.1) is 0 Å². The van der Waals surface area contributed by atoms with E-state index in [4.69, 9.17) is 0 Å². The molecule has 1 saturated carbocycles. The highest BCUT2D eigenvalue weighted by molar-refractivity contribution is 7.99. The van der Waals surface area contributed by atoms with Crippen molar-refractivity contribution in [2.45, 2.75) is 35.5 Å². The van der Waals surface area contributed by atoms with Gasteiger partial charge in [-0.05, 0) is 24.5 Å². The Morgan fingerprint density at radius 2 is 2.22 bits per heavy atom. The Labute approximate surface area is 112 Å². The first-order chi connectivity index (χ1) is 8.83. The van der Waals surface area contributed by atoms with E-state index in [1.54, 1.807) is 11.8 Å². The minimum Gasteiger partial charge on any atom is -0.329 e. The number of aryl methyl sites for hydroxylation is 1. The van der Waals surface area contributed by atoms with E-state index in [1.807, 2.05) is 19.4 Å². The van der Waals surface area contributed by atoms with Crippen LogP contribution in [0.4, 0.5) is 0 Å². The molecule has 1 aliphatic rings. The lowest BCUT2D eigenvalue weighted by molar-refractivity contribution is 0.680. The molecule has 0 aliphatic heterocycles. The molecule has 1 N–H and O–H groups in total. The van der Waals surface area contributed by atoms with Gasteiger partial charge in [0.2, 0.25) is 0 Å². The summed E-state index contributed by atoms with van der Waals surface area (Å²) in [5, 5.41) is 4.60. The van der Waals surface area contributed by atoms with Crippen molar-refractivity contribution in [3.8, 4) is 0 Å². The fourth-order valence-electron chi connectivity index (χ4n) is 1.84. The maximum absolute atomic E-state index is 4.37. The third kappa shape index (κ3) is 2.76. The molecule has 0 radical (unpaired) electrons. The first kappa shape index (κ1) is 11.8. The van der Waals surface area contributed by atoms with Gasteiger partial charge in [-0.1, -0.05) is 30.0 Å². The maximum Gasteiger partial charge on any atom is 0.172 e. The van der Waals surface area contributed by atoms with Crippen LogP contribution >= 0.6 is 11.8 Å². The number of aromatic nitrogens is 2. The predicted octanol–water partition coefficient (Wildman–Crippen LogP) is 2.82. The smallest absolute Gasteiger partial charge is 0.172 e. The van der Waals surface area contributed by atoms with E-state index in [0.717, 1.165) is 17.7 Å². The highest BCUT2D eigenvalue weighted by atomic mass is 32.2. The lowest BCUT2D eigenvalue weighted by Gasteiger charge is -2.09. The second-order valence-corrected chi connectivity index (χ2v) is 5.69. The number of rotatable bonds is 5. The van der Waals surface area contributed by atoms with Crippen LogP contribution in [0.2, 0.25) is 0 Å². The van der Waals surface area contributed by atoms with Crippen LogP contribution in [0.15, 0.2) is 46.7 Å². The van der Waals surface area contributed by atoms with Crippen molar-refractivity contribution in [2.75, 3.05) is 0 Å². The van der Waals surface area contributed by atoms with Crippen LogP contribution < -0.4 is 5.32 Å². The molecule has 2 aromatic rings. The van der Waals surface area contributed by atoms with Crippen LogP contribution in [-0.4, -0.2) is 15.6 Å². The number of hydrogen-bond donors (Lipinski definition) is 1. The summed E-state index contributed by atoms with van der Waals surface area (Å²) in [5.41, 5.74) is 1.36. The Hall–Kier alpha value is -1.26. The van der Waals surface area contributed by atoms with Crippen molar-refractivity contribution >= 4 is 11.8 Å². The van der Waals surface area contributed by atoms with Crippen molar-refractivity contribution in [3.63, 3.8) is 0 Å². The van der Waals surface area contributed by atoms with Gasteiger partial charge in [0.15, 0.2) is 5.16 Å². The van der Waals surface area contributed by atoms with Crippen molar-refractivity contribution in [3.05, 3.63) is 42.2 Å². The zero-order valence-corrected chi connectivity index (χ0v) is 11.3. The van der Waals surface area contributed by atoms with Crippen molar-refractivity contribution < 1.29 is 0 Å². The summed E-state index contributed by atoms with van der Waals surface area (Å²) in [6, 6.07) is 9.30. The molecule has 3 rings (SSSR count). The van der Waals surface area contributed by atoms with Gasteiger partial charge in [-0.3, -0.25) is 0 Å². The van der Waals surface area contributed by atoms with Crippen molar-refractivity contribution in [1.29, 1.82) is 0 Å². The van der Waals surface area contributed by atoms with Gasteiger partial charge in [0.1, 0.15) is 0 Å². The van der Waals surface area contributed by atoms with Crippen molar-refractivity contribution in [2.24, 2.45) is 7.05 Å². The van der Waals surface area contributed by atoms with E-state index in [0.29, 0.717) is 0 Å². The molecule has 4 heteroatoms. The normalized spacial score (nSPS) is 14.9. The molecule has 3 nitrogen and oxygen atoms in total. The molecule has 1 aromatic heterocycles. The van der Waals surface area contributed by atoms with Crippen LogP contribution in [0, 0.1) is 0 Å². The molecule has 1 fully saturated rings. The average molecular weight is 259 g/mol. The first-order valence-corrected chi connectivity index (χ1v) is 7.11. The second kappa shape index (κ2) is 5.16. The molecule has 1 heterocycles. The zero-order chi connectivity index (χ0) is 12.4. The Morgan fingerprint density at radius 3 is 2.94 bits per heavy atom. The number of nitrogens with zero attached hydrogens (tertiary/aromatic N) is 2. The van der Waals surface area contributed by atoms with E-state index in [9.17, 15) is 0 Å². The fraction of sp³-hybridized carbons (Fsp3) is 0.357. The summed E-state index contributed by atoms with van der Waals surface area (Å²) < 4.78 is 2.05. The van der Waals surface area contributed by atoms with E-state index >= 15 is 0 Å². The molecule has 94 valence electrons. The van der Waals surface area contributed by atoms with Crippen LogP contribution in [0.3, 0.4) is 0 Å². The molecule has 18 heavy (non-hydrogen) atoms. The zero-order valence-electron chi connectivity index (χ0n) is 10.5. The minimum absolute atomic E-state index is 0.746. The maximum atomic E-state index is 4.37. The van der Waals surface area contributed by atoms with E-state index in [-0.39, 0.29) is 0 Å². The van der Waals surface area contributed by atoms with Crippen LogP contribution in [0.25, 0.3) is 0 Å². The summed E-state index contributed by atoms with van der Waals surface area (Å²) in [6.07, 6.45) is 6.48. The van der Waals surface area contributed by atoms with Crippen molar-refractivity contribution in [1.82, 2.24) is 14.9 Å². The molecule has 0 bridgehead atoms. The Kier molecular flexibility index (Phi) is 3.39. The predicted molar refractivity (Wildman–Crippen MR) is 73.6 cm³/mol. The molecule has 0 spiro atoms. The molecule has 1 aliphatic carbocycles. The standard InChI is InChI=1S/C14H17N3S/c1-17-9-8-15-14(17)18-13-5-3-2-4-11(13)10-16-12-6-7-12/h2-5,8-9,12,16H,6-7,10H2,1H3. The SMILES string of the molecule is Cn1ccnc1Sc1ccccc1CNC1CC1. The van der Waals surface area contributed by atoms with Crippen LogP contribution in [0.1, 0.15) is 18.4 Å². The minimum atomic E-state index is 0.746. The molecular formula is C14H17N3S. The molecule has 0 unspecified atom stereocenters. The third-order valence-electron chi connectivity index (χ3n) is 3.11. The highest BCUT2D eigenvalue weighted by Gasteiger charge is 2.20. The number of benzene rings is 1. The molecule has 1 aromatic carbocycles. The summed E-state index contributed by atoms with van der Waals surface area (Å²) in [4.78, 5) is 5.66. The number of hydrogen-bond acceptors (Lipinski definition) is 3. The van der Waals surface area contributed by atoms with Gasteiger partial charge in [-0.25, -0.2) is 4.98 Å². The quantitative estimate of drug-likeness (QED) is 0.895. The summed E-state index contributed by atoms with van der Waals surface area (Å²) >= 11 is 1.73. The average Bonchev–Trinajstić information content (AvgIpc) is 3.13. The van der Waals surface area contributed by atoms with Gasteiger partial charge in [0.05, 0.1) is 0 Å². The highest BCUT2D eigenvalue weighted by Crippen LogP contribution is 2.29. The summed E-state index contributed by atoms with van der Waals surface area (Å²) in [6.45, 7) is 0.957. The van der Waals surface area contributed by atoms with Gasteiger partial charge in [0, 0.05) is 36.9 Å². The van der Waals surface area contributed by atoms with Gasteiger partial charge in [-0.2, -0.15) is 0 Å². The number of nitrogens with one attached hydrogen (secondary N) is 1. The molecule has 0 atom stereocenters. The summed E-state index contributed by atoms with van der Waals surface area (Å²) in [7, 11) is 2.03. The lowest BCUT2D eigenvalue weighted by Crippen LogP contribution is -2.15. The third-order valence-corrected chi connectivity index (χ3v) is 4.30. The van der Waals surface area contributed by atoms with E-state index < -0.39 is 0 Å². The fourth-order valence-corrected chi connectivity index (χ4v) is 2.77. The van der Waals surface area contributed by atoms with Gasteiger partial charge >= 0.3 is 0 Å². The van der Waals surface area contributed by atoms with Gasteiger partial charge in [0.25, 0.3) is 0 Å². The number of imidazole rings is 1. The Bertz CT molecular complexity index is 531. The van der Waals surface area contributed by atoms with E-state index in [1.165, 1.54) is 23.3 Å².